The molecule has 2 fully saturated rings. The highest BCUT2D eigenvalue weighted by Gasteiger charge is 2.64. The molecule has 4 aliphatic heterocycles. The number of fused-ring (bicyclic) bond motifs is 5. The number of epoxide rings is 1. The maximum absolute atomic E-state index is 14.5. The Morgan fingerprint density at radius 3 is 2.28 bits per heavy atom. The predicted molar refractivity (Wildman–Crippen MR) is 328 cm³/mol. The van der Waals surface area contributed by atoms with Crippen molar-refractivity contribution in [2.75, 3.05) is 65.3 Å². The lowest BCUT2D eigenvalue weighted by Gasteiger charge is -2.42. The summed E-state index contributed by atoms with van der Waals surface area (Å²) in [6.07, 6.45) is 3.72. The maximum Gasteiger partial charge on any atom is 0.409 e. The Kier molecular flexibility index (Phi) is 23.9. The van der Waals surface area contributed by atoms with E-state index in [2.05, 4.69) is 31.9 Å². The number of anilines is 2. The molecule has 9 amide bonds. The third-order valence-corrected chi connectivity index (χ3v) is 16.6. The summed E-state index contributed by atoms with van der Waals surface area (Å²) in [5.41, 5.74) is 4.02. The van der Waals surface area contributed by atoms with E-state index in [1.807, 2.05) is 13.0 Å². The average Bonchev–Trinajstić information content (AvgIpc) is 1.85. The molecule has 2 saturated heterocycles. The van der Waals surface area contributed by atoms with E-state index in [-0.39, 0.29) is 77.2 Å². The number of esters is 1. The summed E-state index contributed by atoms with van der Waals surface area (Å²) < 4.78 is 35.3. The van der Waals surface area contributed by atoms with Gasteiger partial charge >= 0.3 is 18.1 Å². The first kappa shape index (κ1) is 69.3. The summed E-state index contributed by atoms with van der Waals surface area (Å²) in [5, 5.41) is 28.8. The van der Waals surface area contributed by atoms with E-state index in [9.17, 15) is 48.3 Å². The zero-order valence-electron chi connectivity index (χ0n) is 51.3. The summed E-state index contributed by atoms with van der Waals surface area (Å²) in [5.74, 6) is -4.80. The first-order chi connectivity index (χ1) is 41.5. The van der Waals surface area contributed by atoms with Crippen LogP contribution in [0.2, 0.25) is 5.02 Å². The number of thiocarbonyl (C=S) groups is 1. The smallest absolute Gasteiger partial charge is 0.409 e. The number of nitrogens with zero attached hydrogens (tertiary/aromatic N) is 3. The second kappa shape index (κ2) is 30.4. The number of aliphatic hydroxyl groups is 1. The van der Waals surface area contributed by atoms with Gasteiger partial charge in [-0.15, -0.1) is 0 Å². The van der Waals surface area contributed by atoms with E-state index in [0.29, 0.717) is 37.2 Å². The molecule has 0 spiro atoms. The minimum Gasteiger partial charge on any atom is -0.496 e. The first-order valence-electron chi connectivity index (χ1n) is 28.8. The second-order valence-electron chi connectivity index (χ2n) is 22.7. The molecular formula is C60H81ClN10O16S. The monoisotopic (exact) mass is 1260 g/mol. The maximum atomic E-state index is 14.5. The zero-order chi connectivity index (χ0) is 64.9. The third kappa shape index (κ3) is 17.3. The van der Waals surface area contributed by atoms with Crippen molar-refractivity contribution in [1.29, 1.82) is 0 Å². The lowest BCUT2D eigenvalue weighted by Crippen LogP contribution is -2.63. The molecule has 2 aromatic carbocycles. The number of ether oxygens (including phenoxy) is 6. The van der Waals surface area contributed by atoms with Crippen LogP contribution in [0.3, 0.4) is 0 Å². The van der Waals surface area contributed by atoms with Gasteiger partial charge in [0.2, 0.25) is 17.7 Å². The van der Waals surface area contributed by atoms with Gasteiger partial charge in [-0.1, -0.05) is 56.2 Å². The number of unbranched alkanes of at least 4 members (excludes halogenated alkanes) is 1. The van der Waals surface area contributed by atoms with E-state index in [4.69, 9.17) is 58.0 Å². The fraction of sp³-hybridized carbons (Fsp3) is 0.533. The molecule has 0 aliphatic carbocycles. The molecule has 88 heavy (non-hydrogen) atoms. The van der Waals surface area contributed by atoms with Crippen LogP contribution in [0.1, 0.15) is 96.0 Å². The number of hydrogen-bond acceptors (Lipinski definition) is 17. The van der Waals surface area contributed by atoms with Crippen LogP contribution in [-0.4, -0.2) is 182 Å². The highest BCUT2D eigenvalue weighted by Crippen LogP contribution is 2.49. The number of rotatable bonds is 22. The van der Waals surface area contributed by atoms with Crippen molar-refractivity contribution in [3.05, 3.63) is 82.4 Å². The van der Waals surface area contributed by atoms with Gasteiger partial charge in [0, 0.05) is 77.1 Å². The Hall–Kier alpha value is -7.85. The molecule has 26 nitrogen and oxygen atoms in total. The van der Waals surface area contributed by atoms with Crippen molar-refractivity contribution in [3.8, 4) is 11.5 Å². The number of nitrogens with one attached hydrogen (secondary N) is 6. The number of allylic oxidation sites excluding steroid dienone is 3. The summed E-state index contributed by atoms with van der Waals surface area (Å²) in [7, 11) is 7.04. The Morgan fingerprint density at radius 2 is 1.64 bits per heavy atom. The molecular weight excluding hydrogens is 1180 g/mol. The highest BCUT2D eigenvalue weighted by molar-refractivity contribution is 7.80. The summed E-state index contributed by atoms with van der Waals surface area (Å²) in [6, 6.07) is 3.53. The van der Waals surface area contributed by atoms with Crippen molar-refractivity contribution in [2.24, 2.45) is 17.6 Å². The molecule has 2 aromatic rings. The van der Waals surface area contributed by atoms with Crippen LogP contribution in [0.25, 0.3) is 0 Å². The number of hydrogen-bond donors (Lipinski definition) is 8. The predicted octanol–water partition coefficient (Wildman–Crippen LogP) is 3.90. The average molecular weight is 1270 g/mol. The third-order valence-electron chi connectivity index (χ3n) is 16.0. The van der Waals surface area contributed by atoms with Gasteiger partial charge in [-0.05, 0) is 101 Å². The van der Waals surface area contributed by atoms with E-state index in [0.717, 1.165) is 20.9 Å². The van der Waals surface area contributed by atoms with Gasteiger partial charge in [0.15, 0.2) is 10.8 Å². The topological polar surface area (TPSA) is 340 Å². The first-order valence-corrected chi connectivity index (χ1v) is 29.6. The number of nitrogens with two attached hydrogens (primary N) is 1. The van der Waals surface area contributed by atoms with Crippen LogP contribution < -0.4 is 52.0 Å². The Balaban J connectivity index is 1.18. The van der Waals surface area contributed by atoms with Crippen LogP contribution in [0.15, 0.2) is 66.3 Å². The van der Waals surface area contributed by atoms with E-state index in [1.54, 1.807) is 52.0 Å². The van der Waals surface area contributed by atoms with Gasteiger partial charge in [-0.2, -0.15) is 0 Å². The van der Waals surface area contributed by atoms with Crippen LogP contribution in [-0.2, 0) is 54.1 Å². The number of carbonyl (C=O) groups excluding carboxylic acids is 9. The normalized spacial score (nSPS) is 24.7. The largest absolute Gasteiger partial charge is 0.496 e. The van der Waals surface area contributed by atoms with Gasteiger partial charge in [0.1, 0.15) is 58.6 Å². The quantitative estimate of drug-likeness (QED) is 0.0272. The van der Waals surface area contributed by atoms with Crippen molar-refractivity contribution in [2.45, 2.75) is 140 Å². The number of alkyl carbamates (subject to hydrolysis) is 1. The molecule has 0 aromatic heterocycles. The molecule has 28 heteroatoms. The number of likely N-dealkylation sites (N-methyl/N-ethyl adjacent to an activating group) is 1. The van der Waals surface area contributed by atoms with Crippen molar-refractivity contribution < 1.29 is 76.7 Å². The van der Waals surface area contributed by atoms with Gasteiger partial charge in [0.25, 0.3) is 17.7 Å². The minimum absolute atomic E-state index is 0.00526. The molecule has 4 heterocycles. The van der Waals surface area contributed by atoms with Crippen molar-refractivity contribution in [3.63, 3.8) is 0 Å². The Morgan fingerprint density at radius 1 is 0.955 bits per heavy atom. The van der Waals surface area contributed by atoms with Gasteiger partial charge < -0.3 is 75.6 Å². The molecule has 0 saturated carbocycles. The van der Waals surface area contributed by atoms with Gasteiger partial charge in [-0.25, -0.2) is 14.4 Å². The van der Waals surface area contributed by atoms with Crippen molar-refractivity contribution >= 4 is 93.8 Å². The number of benzene rings is 2. The number of imide groups is 1. The van der Waals surface area contributed by atoms with Crippen LogP contribution in [0.5, 0.6) is 11.5 Å². The van der Waals surface area contributed by atoms with Crippen LogP contribution in [0.4, 0.5) is 21.0 Å². The lowest BCUT2D eigenvalue weighted by molar-refractivity contribution is -0.158. The van der Waals surface area contributed by atoms with E-state index in [1.165, 1.54) is 77.6 Å². The minimum atomic E-state index is -1.92. The second-order valence-corrected chi connectivity index (χ2v) is 23.5. The standard InChI is InChI=1S/C60H81ClN10O16S/c1-32(2)50(67-57(88)64-23-12-13-25-71-46(72)21-22-47(71)73)53(76)66-39(17-15-24-63-56(62)79)52(75)65-37-19-20-38(41(29-37)82-9)54(77)69(7)35(5)55(78)86-45-30-48(74)70(8)40-27-36(28-42(83-10)49(40)61)26-33(3)16-14-18-44(84-11)60(81)31-43(85-58(80)68-60)34(4)51-59(45,6)87-51/h14,16,18-22,27-29,32,34-35,39,43-45,50-51,81H,12-13,15,17,23-26,30-31H2,1-11H3,(H,65,75)(H,66,76)(H,68,80)(H3,62,63,79)(H2,64,67,88)/b18-14+,33-16+/t34-,35+,39+,43+,44-,45+,50+,51+,59+,60+/m1/s1. The summed E-state index contributed by atoms with van der Waals surface area (Å²) >= 11 is 12.3. The molecule has 0 radical (unpaired) electrons. The Labute approximate surface area is 521 Å². The van der Waals surface area contributed by atoms with Gasteiger partial charge in [0.05, 0.1) is 38.0 Å². The molecule has 10 atom stereocenters. The lowest BCUT2D eigenvalue weighted by atomic mass is 9.83. The number of halogens is 1. The van der Waals surface area contributed by atoms with E-state index < -0.39 is 108 Å². The number of amides is 9. The fourth-order valence-corrected chi connectivity index (χ4v) is 11.1. The molecule has 6 rings (SSSR count). The summed E-state index contributed by atoms with van der Waals surface area (Å²) in [6.45, 7) is 11.0. The van der Waals surface area contributed by atoms with E-state index >= 15 is 0 Å². The number of primary amides is 1. The number of urea groups is 1. The van der Waals surface area contributed by atoms with Crippen molar-refractivity contribution in [1.82, 2.24) is 36.4 Å². The molecule has 4 aliphatic rings. The highest BCUT2D eigenvalue weighted by atomic mass is 35.5. The zero-order valence-corrected chi connectivity index (χ0v) is 52.9. The molecule has 4 bridgehead atoms. The van der Waals surface area contributed by atoms with Crippen LogP contribution in [0, 0.1) is 11.8 Å². The molecule has 0 unspecified atom stereocenters. The number of carbonyl (C=O) groups is 9. The summed E-state index contributed by atoms with van der Waals surface area (Å²) in [4.78, 5) is 123. The SMILES string of the molecule is COc1cc(NC(=O)[C@H](CCCNC(N)=O)NC(=O)[C@@H](NC(=S)NCCCCN2C(=O)C=CC2=O)C(C)C)ccc1C(=O)N(C)[C@@H](C)C(=O)O[C@H]1CC(=O)N(C)c2cc(cc(OC)c2Cl)C/C(C)=C/C=C/[C@@H](OC)[C@@]2(O)C[C@H](OC(=O)N2)[C@@H](C)[C@@H]2O[C@@]12C. The van der Waals surface area contributed by atoms with Gasteiger partial charge in [-0.3, -0.25) is 39.0 Å². The van der Waals surface area contributed by atoms with Crippen LogP contribution >= 0.6 is 23.8 Å². The Bertz CT molecular complexity index is 3070. The molecule has 9 N–H and O–H groups in total. The number of methoxy groups -OCH3 is 3. The fourth-order valence-electron chi connectivity index (χ4n) is 10.6. The molecule has 480 valence electrons.